The van der Waals surface area contributed by atoms with Gasteiger partial charge in [-0.3, -0.25) is 9.59 Å². The Hall–Kier alpha value is -3.48. The van der Waals surface area contributed by atoms with Crippen molar-refractivity contribution in [2.75, 3.05) is 5.32 Å². The number of halogens is 1. The lowest BCUT2D eigenvalue weighted by atomic mass is 9.89. The molecule has 27 heavy (non-hydrogen) atoms. The number of para-hydroxylation sites is 1. The van der Waals surface area contributed by atoms with Gasteiger partial charge in [-0.1, -0.05) is 18.2 Å². The maximum atomic E-state index is 13.6. The van der Waals surface area contributed by atoms with Gasteiger partial charge in [-0.15, -0.1) is 0 Å². The lowest BCUT2D eigenvalue weighted by Crippen LogP contribution is -2.35. The molecule has 0 saturated heterocycles. The first-order chi connectivity index (χ1) is 13.1. The highest BCUT2D eigenvalue weighted by Gasteiger charge is 2.31. The van der Waals surface area contributed by atoms with Crippen LogP contribution in [-0.2, 0) is 16.1 Å². The molecule has 1 atom stereocenters. The third kappa shape index (κ3) is 3.44. The summed E-state index contributed by atoms with van der Waals surface area (Å²) in [6, 6.07) is 11.7. The van der Waals surface area contributed by atoms with Gasteiger partial charge in [0, 0.05) is 31.0 Å². The van der Waals surface area contributed by atoms with Crippen LogP contribution >= 0.6 is 0 Å². The van der Waals surface area contributed by atoms with E-state index in [1.165, 1.54) is 18.2 Å². The van der Waals surface area contributed by atoms with Crippen LogP contribution in [0.4, 0.5) is 10.1 Å². The van der Waals surface area contributed by atoms with Crippen molar-refractivity contribution in [1.82, 2.24) is 14.9 Å². The average molecular weight is 364 g/mol. The van der Waals surface area contributed by atoms with Gasteiger partial charge in [-0.2, -0.15) is 0 Å². The highest BCUT2D eigenvalue weighted by atomic mass is 19.1. The molecule has 4 rings (SSSR count). The molecule has 7 heteroatoms. The van der Waals surface area contributed by atoms with Gasteiger partial charge in [-0.05, 0) is 35.4 Å². The molecule has 2 N–H and O–H groups in total. The van der Waals surface area contributed by atoms with E-state index in [0.29, 0.717) is 11.3 Å². The van der Waals surface area contributed by atoms with E-state index >= 15 is 0 Å². The predicted octanol–water partition coefficient (Wildman–Crippen LogP) is 2.75. The predicted molar refractivity (Wildman–Crippen MR) is 97.8 cm³/mol. The third-order valence-corrected chi connectivity index (χ3v) is 4.60. The summed E-state index contributed by atoms with van der Waals surface area (Å²) >= 11 is 0. The average Bonchev–Trinajstić information content (AvgIpc) is 3.20. The maximum Gasteiger partial charge on any atom is 0.228 e. The molecule has 6 nitrogen and oxygen atoms in total. The fourth-order valence-corrected chi connectivity index (χ4v) is 3.29. The minimum Gasteiger partial charge on any atom is -0.351 e. The summed E-state index contributed by atoms with van der Waals surface area (Å²) in [5.74, 6) is -1.72. The maximum absolute atomic E-state index is 13.6. The van der Waals surface area contributed by atoms with Crippen LogP contribution in [0, 0.1) is 5.82 Å². The molecule has 0 aliphatic carbocycles. The van der Waals surface area contributed by atoms with Crippen LogP contribution in [0.25, 0.3) is 5.69 Å². The Balaban J connectivity index is 1.55. The minimum atomic E-state index is -0.718. The number of hydrogen-bond acceptors (Lipinski definition) is 3. The standard InChI is InChI=1S/C20H17FN4O2/c21-14-5-6-17-15(9-14)16(10-19(26)24-17)20(27)23-11-13-3-1-2-4-18(13)25-8-7-22-12-25/h1-9,12,16H,10-11H2,(H,23,27)(H,24,26). The molecule has 0 spiro atoms. The molecule has 0 fully saturated rings. The molecule has 0 radical (unpaired) electrons. The summed E-state index contributed by atoms with van der Waals surface area (Å²) in [6.45, 7) is 0.288. The number of hydrogen-bond donors (Lipinski definition) is 2. The van der Waals surface area contributed by atoms with Crippen molar-refractivity contribution in [3.63, 3.8) is 0 Å². The number of benzene rings is 2. The van der Waals surface area contributed by atoms with Gasteiger partial charge in [0.1, 0.15) is 5.82 Å². The first-order valence-electron chi connectivity index (χ1n) is 8.55. The molecule has 1 aromatic heterocycles. The Morgan fingerprint density at radius 3 is 2.96 bits per heavy atom. The summed E-state index contributed by atoms with van der Waals surface area (Å²) in [6.07, 6.45) is 5.18. The fourth-order valence-electron chi connectivity index (χ4n) is 3.29. The highest BCUT2D eigenvalue weighted by Crippen LogP contribution is 2.33. The van der Waals surface area contributed by atoms with Crippen molar-refractivity contribution in [1.29, 1.82) is 0 Å². The van der Waals surface area contributed by atoms with Gasteiger partial charge in [-0.25, -0.2) is 9.37 Å². The lowest BCUT2D eigenvalue weighted by Gasteiger charge is -2.25. The number of imidazole rings is 1. The van der Waals surface area contributed by atoms with E-state index in [-0.39, 0.29) is 24.8 Å². The Kier molecular flexibility index (Phi) is 4.42. The molecule has 136 valence electrons. The molecule has 1 aliphatic rings. The van der Waals surface area contributed by atoms with E-state index in [1.807, 2.05) is 35.0 Å². The van der Waals surface area contributed by atoms with Crippen molar-refractivity contribution < 1.29 is 14.0 Å². The molecule has 2 amide bonds. The van der Waals surface area contributed by atoms with Crippen LogP contribution < -0.4 is 10.6 Å². The summed E-state index contributed by atoms with van der Waals surface area (Å²) in [5.41, 5.74) is 2.79. The molecule has 1 aliphatic heterocycles. The number of nitrogens with one attached hydrogen (secondary N) is 2. The zero-order chi connectivity index (χ0) is 18.8. The van der Waals surface area contributed by atoms with E-state index in [1.54, 1.807) is 12.5 Å². The fraction of sp³-hybridized carbons (Fsp3) is 0.150. The van der Waals surface area contributed by atoms with Crippen molar-refractivity contribution in [2.24, 2.45) is 0 Å². The normalized spacial score (nSPS) is 15.7. The number of carbonyl (C=O) groups excluding carboxylic acids is 2. The molecule has 2 aromatic carbocycles. The van der Waals surface area contributed by atoms with Crippen LogP contribution in [0.3, 0.4) is 0 Å². The van der Waals surface area contributed by atoms with Crippen molar-refractivity contribution in [2.45, 2.75) is 18.9 Å². The van der Waals surface area contributed by atoms with Crippen LogP contribution in [0.2, 0.25) is 0 Å². The number of carbonyl (C=O) groups is 2. The van der Waals surface area contributed by atoms with Gasteiger partial charge in [0.05, 0.1) is 17.9 Å². The molecule has 0 saturated carbocycles. The number of amides is 2. The third-order valence-electron chi connectivity index (χ3n) is 4.60. The lowest BCUT2D eigenvalue weighted by molar-refractivity contribution is -0.126. The Morgan fingerprint density at radius 2 is 2.15 bits per heavy atom. The van der Waals surface area contributed by atoms with Gasteiger partial charge in [0.15, 0.2) is 0 Å². The smallest absolute Gasteiger partial charge is 0.228 e. The van der Waals surface area contributed by atoms with Gasteiger partial charge in [0.2, 0.25) is 11.8 Å². The van der Waals surface area contributed by atoms with Crippen molar-refractivity contribution >= 4 is 17.5 Å². The van der Waals surface area contributed by atoms with Crippen molar-refractivity contribution in [3.05, 3.63) is 78.1 Å². The second-order valence-corrected chi connectivity index (χ2v) is 6.35. The second kappa shape index (κ2) is 7.03. The van der Waals surface area contributed by atoms with E-state index in [9.17, 15) is 14.0 Å². The van der Waals surface area contributed by atoms with Gasteiger partial charge < -0.3 is 15.2 Å². The first kappa shape index (κ1) is 17.0. The topological polar surface area (TPSA) is 76.0 Å². The Bertz CT molecular complexity index is 1000. The summed E-state index contributed by atoms with van der Waals surface area (Å²) < 4.78 is 15.5. The van der Waals surface area contributed by atoms with E-state index < -0.39 is 11.7 Å². The Labute approximate surface area is 155 Å². The molecule has 3 aromatic rings. The number of aromatic nitrogens is 2. The Morgan fingerprint density at radius 1 is 1.30 bits per heavy atom. The van der Waals surface area contributed by atoms with Gasteiger partial charge in [0.25, 0.3) is 0 Å². The number of nitrogens with zero attached hydrogens (tertiary/aromatic N) is 2. The summed E-state index contributed by atoms with van der Waals surface area (Å²) in [7, 11) is 0. The van der Waals surface area contributed by atoms with E-state index in [0.717, 1.165) is 11.3 Å². The van der Waals surface area contributed by atoms with E-state index in [4.69, 9.17) is 0 Å². The molecular weight excluding hydrogens is 347 g/mol. The number of anilines is 1. The monoisotopic (exact) mass is 364 g/mol. The quantitative estimate of drug-likeness (QED) is 0.747. The zero-order valence-electron chi connectivity index (χ0n) is 14.4. The first-order valence-corrected chi connectivity index (χ1v) is 8.55. The van der Waals surface area contributed by atoms with Crippen LogP contribution in [0.1, 0.15) is 23.5 Å². The second-order valence-electron chi connectivity index (χ2n) is 6.35. The highest BCUT2D eigenvalue weighted by molar-refractivity contribution is 6.01. The van der Waals surface area contributed by atoms with Gasteiger partial charge >= 0.3 is 0 Å². The molecule has 1 unspecified atom stereocenters. The number of rotatable bonds is 4. The molecular formula is C20H17FN4O2. The largest absolute Gasteiger partial charge is 0.351 e. The van der Waals surface area contributed by atoms with Crippen LogP contribution in [0.15, 0.2) is 61.2 Å². The van der Waals surface area contributed by atoms with Crippen LogP contribution in [0.5, 0.6) is 0 Å². The molecule has 0 bridgehead atoms. The van der Waals surface area contributed by atoms with Crippen molar-refractivity contribution in [3.8, 4) is 5.69 Å². The minimum absolute atomic E-state index is 0.00848. The zero-order valence-corrected chi connectivity index (χ0v) is 14.4. The SMILES string of the molecule is O=C1CC(C(=O)NCc2ccccc2-n2ccnc2)c2cc(F)ccc2N1. The number of fused-ring (bicyclic) bond motifs is 1. The molecule has 2 heterocycles. The van der Waals surface area contributed by atoms with E-state index in [2.05, 4.69) is 15.6 Å². The summed E-state index contributed by atoms with van der Waals surface area (Å²) in [5, 5.41) is 5.55. The summed E-state index contributed by atoms with van der Waals surface area (Å²) in [4.78, 5) is 28.7. The van der Waals surface area contributed by atoms with Crippen LogP contribution in [-0.4, -0.2) is 21.4 Å².